The van der Waals surface area contributed by atoms with E-state index in [2.05, 4.69) is 54.9 Å². The molecule has 0 atom stereocenters. The maximum absolute atomic E-state index is 11.1. The standard InChI is InChI=1S/C19H20N2OS/c1-13-7-8-14(2)15(9-13)10-21-11-18(23-12-19(20)22)16-5-3-4-6-17(16)21/h3-9,11H,10,12H2,1-2H3,(H2,20,22). The first-order chi connectivity index (χ1) is 11.0. The van der Waals surface area contributed by atoms with E-state index in [9.17, 15) is 4.79 Å². The molecule has 0 unspecified atom stereocenters. The predicted octanol–water partition coefficient (Wildman–Crippen LogP) is 3.88. The molecule has 1 heterocycles. The Hall–Kier alpha value is -2.20. The van der Waals surface area contributed by atoms with Crippen LogP contribution in [0.1, 0.15) is 16.7 Å². The fourth-order valence-corrected chi connectivity index (χ4v) is 3.59. The third-order valence-electron chi connectivity index (χ3n) is 3.97. The zero-order chi connectivity index (χ0) is 16.4. The molecule has 1 aromatic heterocycles. The van der Waals surface area contributed by atoms with Gasteiger partial charge in [0.2, 0.25) is 5.91 Å². The quantitative estimate of drug-likeness (QED) is 0.724. The number of rotatable bonds is 5. The van der Waals surface area contributed by atoms with Gasteiger partial charge in [-0.1, -0.05) is 42.0 Å². The van der Waals surface area contributed by atoms with Crippen LogP contribution in [0.3, 0.4) is 0 Å². The van der Waals surface area contributed by atoms with E-state index in [-0.39, 0.29) is 5.91 Å². The fourth-order valence-electron chi connectivity index (χ4n) is 2.76. The molecular formula is C19H20N2OS. The van der Waals surface area contributed by atoms with E-state index < -0.39 is 0 Å². The van der Waals surface area contributed by atoms with Crippen LogP contribution in [0.2, 0.25) is 0 Å². The van der Waals surface area contributed by atoms with Crippen LogP contribution in [0, 0.1) is 13.8 Å². The topological polar surface area (TPSA) is 48.0 Å². The van der Waals surface area contributed by atoms with Gasteiger partial charge in [-0.2, -0.15) is 0 Å². The number of nitrogens with zero attached hydrogens (tertiary/aromatic N) is 1. The number of hydrogen-bond donors (Lipinski definition) is 1. The molecule has 3 aromatic rings. The molecule has 0 aliphatic heterocycles. The summed E-state index contributed by atoms with van der Waals surface area (Å²) in [7, 11) is 0. The number of primary amides is 1. The van der Waals surface area contributed by atoms with Gasteiger partial charge in [0, 0.05) is 28.5 Å². The van der Waals surface area contributed by atoms with E-state index >= 15 is 0 Å². The van der Waals surface area contributed by atoms with Crippen LogP contribution in [-0.4, -0.2) is 16.2 Å². The molecule has 0 aliphatic carbocycles. The van der Waals surface area contributed by atoms with Crippen molar-refractivity contribution in [3.63, 3.8) is 0 Å². The van der Waals surface area contributed by atoms with Gasteiger partial charge < -0.3 is 10.3 Å². The number of nitrogens with two attached hydrogens (primary N) is 1. The van der Waals surface area contributed by atoms with Crippen molar-refractivity contribution in [3.05, 3.63) is 65.4 Å². The van der Waals surface area contributed by atoms with E-state index in [0.717, 1.165) is 11.4 Å². The summed E-state index contributed by atoms with van der Waals surface area (Å²) in [4.78, 5) is 12.2. The second kappa shape index (κ2) is 6.50. The minimum atomic E-state index is -0.290. The molecule has 0 fully saturated rings. The van der Waals surface area contributed by atoms with Gasteiger partial charge >= 0.3 is 0 Å². The molecule has 4 heteroatoms. The number of carbonyl (C=O) groups is 1. The SMILES string of the molecule is Cc1ccc(C)c(Cn2cc(SCC(N)=O)c3ccccc32)c1. The average Bonchev–Trinajstić information content (AvgIpc) is 2.87. The first-order valence-corrected chi connectivity index (χ1v) is 8.58. The number of thioether (sulfide) groups is 1. The molecule has 0 saturated carbocycles. The minimum Gasteiger partial charge on any atom is -0.369 e. The number of fused-ring (bicyclic) bond motifs is 1. The highest BCUT2D eigenvalue weighted by molar-refractivity contribution is 8.00. The smallest absolute Gasteiger partial charge is 0.227 e. The molecule has 0 saturated heterocycles. The van der Waals surface area contributed by atoms with E-state index in [1.807, 2.05) is 12.1 Å². The van der Waals surface area contributed by atoms with Crippen LogP contribution in [0.25, 0.3) is 10.9 Å². The molecule has 0 spiro atoms. The second-order valence-corrected chi connectivity index (χ2v) is 6.84. The Morgan fingerprint density at radius 1 is 1.17 bits per heavy atom. The highest BCUT2D eigenvalue weighted by atomic mass is 32.2. The molecule has 2 N–H and O–H groups in total. The Morgan fingerprint density at radius 3 is 2.74 bits per heavy atom. The van der Waals surface area contributed by atoms with Crippen molar-refractivity contribution >= 4 is 28.6 Å². The molecule has 118 valence electrons. The lowest BCUT2D eigenvalue weighted by molar-refractivity contribution is -0.115. The van der Waals surface area contributed by atoms with Gasteiger partial charge in [0.25, 0.3) is 0 Å². The third-order valence-corrected chi connectivity index (χ3v) is 5.03. The summed E-state index contributed by atoms with van der Waals surface area (Å²) in [6.45, 7) is 5.08. The number of aryl methyl sites for hydroxylation is 2. The first-order valence-electron chi connectivity index (χ1n) is 7.59. The van der Waals surface area contributed by atoms with Crippen molar-refractivity contribution in [2.24, 2.45) is 5.73 Å². The number of aromatic nitrogens is 1. The Bertz CT molecular complexity index is 867. The molecule has 1 amide bonds. The predicted molar refractivity (Wildman–Crippen MR) is 96.9 cm³/mol. The Kier molecular flexibility index (Phi) is 4.44. The summed E-state index contributed by atoms with van der Waals surface area (Å²) in [6, 6.07) is 14.8. The summed E-state index contributed by atoms with van der Waals surface area (Å²) in [5.74, 6) is 0.0126. The zero-order valence-corrected chi connectivity index (χ0v) is 14.2. The highest BCUT2D eigenvalue weighted by Gasteiger charge is 2.11. The summed E-state index contributed by atoms with van der Waals surface area (Å²) < 4.78 is 2.25. The van der Waals surface area contributed by atoms with Crippen LogP contribution in [-0.2, 0) is 11.3 Å². The van der Waals surface area contributed by atoms with Crippen LogP contribution in [0.4, 0.5) is 0 Å². The maximum atomic E-state index is 11.1. The van der Waals surface area contributed by atoms with Crippen LogP contribution >= 0.6 is 11.8 Å². The van der Waals surface area contributed by atoms with Gasteiger partial charge in [0.1, 0.15) is 0 Å². The highest BCUT2D eigenvalue weighted by Crippen LogP contribution is 2.30. The summed E-state index contributed by atoms with van der Waals surface area (Å²) in [5, 5.41) is 1.17. The van der Waals surface area contributed by atoms with Gasteiger partial charge in [-0.3, -0.25) is 4.79 Å². The van der Waals surface area contributed by atoms with Crippen molar-refractivity contribution < 1.29 is 4.79 Å². The number of carbonyl (C=O) groups excluding carboxylic acids is 1. The van der Waals surface area contributed by atoms with Gasteiger partial charge in [-0.25, -0.2) is 0 Å². The largest absolute Gasteiger partial charge is 0.369 e. The van der Waals surface area contributed by atoms with Crippen molar-refractivity contribution in [1.82, 2.24) is 4.57 Å². The number of amides is 1. The van der Waals surface area contributed by atoms with Crippen molar-refractivity contribution in [3.8, 4) is 0 Å². The monoisotopic (exact) mass is 324 g/mol. The van der Waals surface area contributed by atoms with Crippen molar-refractivity contribution in [1.29, 1.82) is 0 Å². The Labute approximate surface area is 140 Å². The van der Waals surface area contributed by atoms with E-state index in [1.54, 1.807) is 0 Å². The number of para-hydroxylation sites is 1. The minimum absolute atomic E-state index is 0.290. The summed E-state index contributed by atoms with van der Waals surface area (Å²) in [5.41, 5.74) is 10.3. The first kappa shape index (κ1) is 15.7. The number of hydrogen-bond acceptors (Lipinski definition) is 2. The van der Waals surface area contributed by atoms with E-state index in [4.69, 9.17) is 5.73 Å². The van der Waals surface area contributed by atoms with Crippen molar-refractivity contribution in [2.75, 3.05) is 5.75 Å². The lowest BCUT2D eigenvalue weighted by Gasteiger charge is -2.09. The molecule has 0 radical (unpaired) electrons. The molecule has 3 nitrogen and oxygen atoms in total. The fraction of sp³-hybridized carbons (Fsp3) is 0.211. The third kappa shape index (κ3) is 3.42. The van der Waals surface area contributed by atoms with Gasteiger partial charge in [-0.15, -0.1) is 11.8 Å². The molecular weight excluding hydrogens is 304 g/mol. The molecule has 0 aliphatic rings. The molecule has 2 aromatic carbocycles. The summed E-state index contributed by atoms with van der Waals surface area (Å²) in [6.07, 6.45) is 2.13. The summed E-state index contributed by atoms with van der Waals surface area (Å²) >= 11 is 1.50. The number of benzene rings is 2. The average molecular weight is 324 g/mol. The van der Waals surface area contributed by atoms with Crippen LogP contribution in [0.5, 0.6) is 0 Å². The molecule has 23 heavy (non-hydrogen) atoms. The Morgan fingerprint density at radius 2 is 1.96 bits per heavy atom. The van der Waals surface area contributed by atoms with Gasteiger partial charge in [0.05, 0.1) is 5.75 Å². The van der Waals surface area contributed by atoms with Crippen LogP contribution < -0.4 is 5.73 Å². The van der Waals surface area contributed by atoms with Crippen molar-refractivity contribution in [2.45, 2.75) is 25.3 Å². The molecule has 0 bridgehead atoms. The second-order valence-electron chi connectivity index (χ2n) is 5.82. The normalized spacial score (nSPS) is 11.0. The lowest BCUT2D eigenvalue weighted by atomic mass is 10.1. The van der Waals surface area contributed by atoms with Gasteiger partial charge in [-0.05, 0) is 31.0 Å². The van der Waals surface area contributed by atoms with E-state index in [0.29, 0.717) is 5.75 Å². The zero-order valence-electron chi connectivity index (χ0n) is 13.4. The van der Waals surface area contributed by atoms with Crippen LogP contribution in [0.15, 0.2) is 53.6 Å². The molecule has 3 rings (SSSR count). The van der Waals surface area contributed by atoms with E-state index in [1.165, 1.54) is 39.4 Å². The maximum Gasteiger partial charge on any atom is 0.227 e. The van der Waals surface area contributed by atoms with Gasteiger partial charge in [0.15, 0.2) is 0 Å². The Balaban J connectivity index is 2.00. The lowest BCUT2D eigenvalue weighted by Crippen LogP contribution is -2.12.